The molecule has 1 aliphatic carbocycles. The van der Waals surface area contributed by atoms with E-state index >= 15 is 0 Å². The summed E-state index contributed by atoms with van der Waals surface area (Å²) in [6.45, 7) is 7.07. The van der Waals surface area contributed by atoms with Crippen molar-refractivity contribution in [2.45, 2.75) is 39.3 Å². The lowest BCUT2D eigenvalue weighted by atomic mass is 10.0. The van der Waals surface area contributed by atoms with Crippen LogP contribution in [-0.2, 0) is 0 Å². The summed E-state index contributed by atoms with van der Waals surface area (Å²) in [5.74, 6) is 0. The third-order valence-electron chi connectivity index (χ3n) is 2.46. The summed E-state index contributed by atoms with van der Waals surface area (Å²) in [5, 5.41) is 1.75. The fourth-order valence-electron chi connectivity index (χ4n) is 1.47. The van der Waals surface area contributed by atoms with Crippen LogP contribution in [0.4, 0.5) is 0 Å². The minimum Gasteiger partial charge on any atom is -0.0843 e. The highest BCUT2D eigenvalue weighted by molar-refractivity contribution is 6.64. The van der Waals surface area contributed by atoms with E-state index in [1.165, 1.54) is 19.3 Å². The molecule has 0 aromatic heterocycles. The molecule has 1 aliphatic rings. The van der Waals surface area contributed by atoms with E-state index in [4.69, 9.17) is 0 Å². The van der Waals surface area contributed by atoms with Crippen LogP contribution in [0, 0.1) is 0 Å². The maximum absolute atomic E-state index is 2.41. The molecule has 62 valence electrons. The van der Waals surface area contributed by atoms with Crippen LogP contribution in [0.2, 0.25) is 13.1 Å². The molecule has 1 rings (SSSR count). The Balaban J connectivity index is 2.61. The van der Waals surface area contributed by atoms with Gasteiger partial charge in [-0.1, -0.05) is 42.9 Å². The molecule has 0 radical (unpaired) electrons. The molecule has 0 nitrogen and oxygen atoms in total. The van der Waals surface area contributed by atoms with Crippen LogP contribution in [0.3, 0.4) is 0 Å². The summed E-state index contributed by atoms with van der Waals surface area (Å²) in [6.07, 6.45) is 8.63. The van der Waals surface area contributed by atoms with E-state index in [2.05, 4.69) is 32.2 Å². The Hall–Kier alpha value is -0.303. The molecule has 0 fully saturated rings. The van der Waals surface area contributed by atoms with Crippen molar-refractivity contribution in [3.63, 3.8) is 0 Å². The van der Waals surface area contributed by atoms with Crippen molar-refractivity contribution in [3.05, 3.63) is 22.9 Å². The lowest BCUT2D eigenvalue weighted by molar-refractivity contribution is 0.882. The first-order valence-electron chi connectivity index (χ1n) is 4.62. The van der Waals surface area contributed by atoms with Gasteiger partial charge in [-0.05, 0) is 19.3 Å². The van der Waals surface area contributed by atoms with Crippen LogP contribution in [0.25, 0.3) is 0 Å². The average Bonchev–Trinajstić information content (AvgIpc) is 2.05. The van der Waals surface area contributed by atoms with Crippen LogP contribution in [0.1, 0.15) is 26.2 Å². The van der Waals surface area contributed by atoms with Gasteiger partial charge in [-0.2, -0.15) is 0 Å². The van der Waals surface area contributed by atoms with Gasteiger partial charge in [0, 0.05) is 0 Å². The Morgan fingerprint density at radius 1 is 1.27 bits per heavy atom. The number of allylic oxidation sites excluding steroid dienone is 4. The zero-order valence-corrected chi connectivity index (χ0v) is 9.01. The highest BCUT2D eigenvalue weighted by atomic mass is 28.3. The summed E-state index contributed by atoms with van der Waals surface area (Å²) >= 11 is 0. The maximum atomic E-state index is 2.41. The molecule has 11 heavy (non-hydrogen) atoms. The molecule has 0 saturated carbocycles. The van der Waals surface area contributed by atoms with Gasteiger partial charge in [0.15, 0.2) is 0 Å². The predicted molar refractivity (Wildman–Crippen MR) is 54.6 cm³/mol. The zero-order valence-electron chi connectivity index (χ0n) is 7.85. The van der Waals surface area contributed by atoms with Crippen molar-refractivity contribution >= 4 is 8.80 Å². The first-order chi connectivity index (χ1) is 5.24. The van der Waals surface area contributed by atoms with E-state index in [0.717, 1.165) is 0 Å². The molecule has 0 N–H and O–H groups in total. The monoisotopic (exact) mass is 166 g/mol. The normalized spacial score (nSPS) is 18.2. The van der Waals surface area contributed by atoms with Crippen molar-refractivity contribution in [1.82, 2.24) is 0 Å². The van der Waals surface area contributed by atoms with Crippen molar-refractivity contribution in [2.75, 3.05) is 0 Å². The van der Waals surface area contributed by atoms with E-state index in [-0.39, 0.29) is 0 Å². The second kappa shape index (κ2) is 3.91. The summed E-state index contributed by atoms with van der Waals surface area (Å²) in [4.78, 5) is 0. The standard InChI is InChI=1S/C10H18Si/c1-4-9-5-7-10(8-6-9)11(2)3/h5,7,11H,4,6,8H2,1-3H3. The van der Waals surface area contributed by atoms with Crippen LogP contribution in [-0.4, -0.2) is 8.80 Å². The van der Waals surface area contributed by atoms with Crippen molar-refractivity contribution < 1.29 is 0 Å². The molecule has 0 aliphatic heterocycles. The molecular weight excluding hydrogens is 148 g/mol. The summed E-state index contributed by atoms with van der Waals surface area (Å²) in [6, 6.07) is 0. The SMILES string of the molecule is CCC1=CC=C([SiH](C)C)CC1. The van der Waals surface area contributed by atoms with Gasteiger partial charge >= 0.3 is 0 Å². The number of rotatable bonds is 2. The molecule has 0 spiro atoms. The Bertz CT molecular complexity index is 187. The smallest absolute Gasteiger partial charge is 0.0595 e. The van der Waals surface area contributed by atoms with Crippen LogP contribution < -0.4 is 0 Å². The van der Waals surface area contributed by atoms with Crippen molar-refractivity contribution in [1.29, 1.82) is 0 Å². The summed E-state index contributed by atoms with van der Waals surface area (Å²) in [5.41, 5.74) is 1.63. The molecule has 0 atom stereocenters. The van der Waals surface area contributed by atoms with E-state index in [9.17, 15) is 0 Å². The predicted octanol–water partition coefficient (Wildman–Crippen LogP) is 3.07. The van der Waals surface area contributed by atoms with Gasteiger partial charge in [0.1, 0.15) is 0 Å². The molecule has 0 bridgehead atoms. The molecule has 0 aromatic carbocycles. The topological polar surface area (TPSA) is 0 Å². The van der Waals surface area contributed by atoms with E-state index in [0.29, 0.717) is 0 Å². The highest BCUT2D eigenvalue weighted by Gasteiger charge is 2.08. The van der Waals surface area contributed by atoms with Gasteiger partial charge in [-0.15, -0.1) is 0 Å². The Labute approximate surface area is 71.6 Å². The van der Waals surface area contributed by atoms with Gasteiger partial charge in [0.25, 0.3) is 0 Å². The molecule has 0 amide bonds. The molecule has 0 heterocycles. The van der Waals surface area contributed by atoms with Gasteiger partial charge in [-0.3, -0.25) is 0 Å². The van der Waals surface area contributed by atoms with Gasteiger partial charge < -0.3 is 0 Å². The van der Waals surface area contributed by atoms with E-state index in [1.54, 1.807) is 10.8 Å². The minimum absolute atomic E-state index is 0.474. The van der Waals surface area contributed by atoms with Crippen molar-refractivity contribution in [3.8, 4) is 0 Å². The van der Waals surface area contributed by atoms with Crippen molar-refractivity contribution in [2.24, 2.45) is 0 Å². The number of hydrogen-bond acceptors (Lipinski definition) is 0. The molecule has 0 saturated heterocycles. The third-order valence-corrected chi connectivity index (χ3v) is 4.43. The average molecular weight is 166 g/mol. The largest absolute Gasteiger partial charge is 0.0843 e. The van der Waals surface area contributed by atoms with Crippen LogP contribution in [0.15, 0.2) is 22.9 Å². The minimum atomic E-state index is -0.474. The van der Waals surface area contributed by atoms with Gasteiger partial charge in [0.05, 0.1) is 8.80 Å². The van der Waals surface area contributed by atoms with E-state index in [1.807, 2.05) is 0 Å². The Morgan fingerprint density at radius 2 is 2.00 bits per heavy atom. The zero-order chi connectivity index (χ0) is 8.27. The lowest BCUT2D eigenvalue weighted by Crippen LogP contribution is -2.08. The first-order valence-corrected chi connectivity index (χ1v) is 7.51. The summed E-state index contributed by atoms with van der Waals surface area (Å²) in [7, 11) is -0.474. The molecule has 0 aromatic rings. The second-order valence-electron chi connectivity index (χ2n) is 3.57. The Kier molecular flexibility index (Phi) is 3.12. The van der Waals surface area contributed by atoms with E-state index < -0.39 is 8.80 Å². The first kappa shape index (κ1) is 8.79. The van der Waals surface area contributed by atoms with Crippen LogP contribution >= 0.6 is 0 Å². The highest BCUT2D eigenvalue weighted by Crippen LogP contribution is 2.21. The van der Waals surface area contributed by atoms with Gasteiger partial charge in [-0.25, -0.2) is 0 Å². The third kappa shape index (κ3) is 2.33. The number of hydrogen-bond donors (Lipinski definition) is 0. The van der Waals surface area contributed by atoms with Crippen LogP contribution in [0.5, 0.6) is 0 Å². The fraction of sp³-hybridized carbons (Fsp3) is 0.600. The molecule has 1 heteroatoms. The quantitative estimate of drug-likeness (QED) is 0.553. The molecular formula is C10H18Si. The lowest BCUT2D eigenvalue weighted by Gasteiger charge is -2.15. The Morgan fingerprint density at radius 3 is 2.36 bits per heavy atom. The molecule has 0 unspecified atom stereocenters. The fourth-order valence-corrected chi connectivity index (χ4v) is 2.68. The summed E-state index contributed by atoms with van der Waals surface area (Å²) < 4.78 is 0. The second-order valence-corrected chi connectivity index (χ2v) is 6.63. The maximum Gasteiger partial charge on any atom is 0.0595 e. The van der Waals surface area contributed by atoms with Gasteiger partial charge in [0.2, 0.25) is 0 Å².